The van der Waals surface area contributed by atoms with Gasteiger partial charge in [-0.25, -0.2) is 13.1 Å². The van der Waals surface area contributed by atoms with E-state index in [-0.39, 0.29) is 17.4 Å². The van der Waals surface area contributed by atoms with Gasteiger partial charge in [0.15, 0.2) is 0 Å². The molecule has 2 aromatic rings. The van der Waals surface area contributed by atoms with Gasteiger partial charge in [-0.05, 0) is 78.6 Å². The smallest absolute Gasteiger partial charge is 0.303 e. The Morgan fingerprint density at radius 1 is 1.17 bits per heavy atom. The molecule has 0 amide bonds. The van der Waals surface area contributed by atoms with Crippen molar-refractivity contribution in [2.24, 2.45) is 0 Å². The third-order valence-electron chi connectivity index (χ3n) is 5.39. The van der Waals surface area contributed by atoms with Crippen LogP contribution in [-0.4, -0.2) is 25.5 Å². The maximum Gasteiger partial charge on any atom is 0.303 e. The molecule has 0 fully saturated rings. The number of hydrogen-bond acceptors (Lipinski definition) is 3. The zero-order chi connectivity index (χ0) is 21.0. The SMILES string of the molecule is CCCc1ccc2c(c1CCC(=O)O)CCC(NS(=O)(=O)c1ccc(Cl)cc1)C2. The van der Waals surface area contributed by atoms with Crippen molar-refractivity contribution < 1.29 is 18.3 Å². The molecular weight excluding hydrogens is 410 g/mol. The minimum absolute atomic E-state index is 0.111. The molecule has 0 saturated carbocycles. The zero-order valence-electron chi connectivity index (χ0n) is 16.4. The molecule has 0 saturated heterocycles. The fraction of sp³-hybridized carbons (Fsp3) is 0.409. The van der Waals surface area contributed by atoms with Crippen LogP contribution in [0.15, 0.2) is 41.3 Å². The van der Waals surface area contributed by atoms with Gasteiger partial charge in [-0.15, -0.1) is 0 Å². The number of benzene rings is 2. The van der Waals surface area contributed by atoms with Crippen LogP contribution in [0.4, 0.5) is 0 Å². The molecule has 3 rings (SSSR count). The first-order valence-electron chi connectivity index (χ1n) is 9.92. The molecule has 5 nitrogen and oxygen atoms in total. The normalized spacial score (nSPS) is 16.4. The molecule has 2 aromatic carbocycles. The number of sulfonamides is 1. The average Bonchev–Trinajstić information content (AvgIpc) is 2.67. The number of carboxylic acids is 1. The van der Waals surface area contributed by atoms with E-state index in [0.717, 1.165) is 30.4 Å². The number of halogens is 1. The minimum atomic E-state index is -3.61. The number of fused-ring (bicyclic) bond motifs is 1. The van der Waals surface area contributed by atoms with Crippen molar-refractivity contribution in [3.63, 3.8) is 0 Å². The number of hydrogen-bond donors (Lipinski definition) is 2. The number of carboxylic acid groups (broad SMARTS) is 1. The quantitative estimate of drug-likeness (QED) is 0.652. The van der Waals surface area contributed by atoms with E-state index in [2.05, 4.69) is 23.8 Å². The van der Waals surface area contributed by atoms with Crippen molar-refractivity contribution in [1.82, 2.24) is 4.72 Å². The molecule has 0 aromatic heterocycles. The number of carbonyl (C=O) groups is 1. The van der Waals surface area contributed by atoms with Crippen molar-refractivity contribution in [3.8, 4) is 0 Å². The lowest BCUT2D eigenvalue weighted by molar-refractivity contribution is -0.136. The molecule has 156 valence electrons. The molecule has 29 heavy (non-hydrogen) atoms. The Morgan fingerprint density at radius 2 is 1.90 bits per heavy atom. The molecule has 1 aliphatic carbocycles. The summed E-state index contributed by atoms with van der Waals surface area (Å²) in [5.74, 6) is -0.797. The van der Waals surface area contributed by atoms with Crippen molar-refractivity contribution in [2.75, 3.05) is 0 Å². The van der Waals surface area contributed by atoms with Gasteiger partial charge in [0, 0.05) is 17.5 Å². The highest BCUT2D eigenvalue weighted by atomic mass is 35.5. The van der Waals surface area contributed by atoms with E-state index < -0.39 is 16.0 Å². The van der Waals surface area contributed by atoms with Gasteiger partial charge in [-0.1, -0.05) is 37.1 Å². The first-order valence-corrected chi connectivity index (χ1v) is 11.8. The van der Waals surface area contributed by atoms with E-state index in [0.29, 0.717) is 24.3 Å². The summed E-state index contributed by atoms with van der Waals surface area (Å²) in [6.07, 6.45) is 4.60. The van der Waals surface area contributed by atoms with E-state index in [4.69, 9.17) is 16.7 Å². The van der Waals surface area contributed by atoms with Gasteiger partial charge in [0.1, 0.15) is 0 Å². The van der Waals surface area contributed by atoms with Gasteiger partial charge in [0.2, 0.25) is 10.0 Å². The van der Waals surface area contributed by atoms with Crippen LogP contribution in [0.5, 0.6) is 0 Å². The standard InChI is InChI=1S/C22H26ClNO4S/c1-2-3-15-4-5-16-14-18(8-11-21(16)20(15)12-13-22(25)26)24-29(27,28)19-9-6-17(23)7-10-19/h4-7,9-10,18,24H,2-3,8,11-14H2,1H3,(H,25,26). The highest BCUT2D eigenvalue weighted by molar-refractivity contribution is 7.89. The van der Waals surface area contributed by atoms with Crippen molar-refractivity contribution >= 4 is 27.6 Å². The predicted octanol–water partition coefficient (Wildman–Crippen LogP) is 4.15. The van der Waals surface area contributed by atoms with E-state index in [1.54, 1.807) is 12.1 Å². The summed E-state index contributed by atoms with van der Waals surface area (Å²) < 4.78 is 28.2. The summed E-state index contributed by atoms with van der Waals surface area (Å²) in [5, 5.41) is 9.60. The molecule has 2 N–H and O–H groups in total. The molecule has 1 aliphatic rings. The highest BCUT2D eigenvalue weighted by Crippen LogP contribution is 2.30. The molecule has 1 atom stereocenters. The van der Waals surface area contributed by atoms with Crippen LogP contribution in [0.2, 0.25) is 5.02 Å². The predicted molar refractivity (Wildman–Crippen MR) is 114 cm³/mol. The number of aryl methyl sites for hydroxylation is 1. The van der Waals surface area contributed by atoms with Gasteiger partial charge < -0.3 is 5.11 Å². The maximum absolute atomic E-state index is 12.7. The average molecular weight is 436 g/mol. The summed E-state index contributed by atoms with van der Waals surface area (Å²) in [6.45, 7) is 2.11. The van der Waals surface area contributed by atoms with E-state index in [1.807, 2.05) is 0 Å². The second-order valence-corrected chi connectivity index (χ2v) is 9.65. The molecule has 7 heteroatoms. The fourth-order valence-corrected chi connectivity index (χ4v) is 5.42. The number of rotatable bonds is 8. The lowest BCUT2D eigenvalue weighted by Crippen LogP contribution is -2.39. The topological polar surface area (TPSA) is 83.5 Å². The van der Waals surface area contributed by atoms with E-state index >= 15 is 0 Å². The van der Waals surface area contributed by atoms with Crippen LogP contribution in [0.3, 0.4) is 0 Å². The van der Waals surface area contributed by atoms with E-state index in [9.17, 15) is 13.2 Å². The maximum atomic E-state index is 12.7. The van der Waals surface area contributed by atoms with Gasteiger partial charge in [-0.2, -0.15) is 0 Å². The molecule has 0 aliphatic heterocycles. The van der Waals surface area contributed by atoms with Crippen LogP contribution in [0, 0.1) is 0 Å². The monoisotopic (exact) mass is 435 g/mol. The molecule has 0 bridgehead atoms. The summed E-state index contributed by atoms with van der Waals surface area (Å²) in [6, 6.07) is 10.1. The Labute approximate surface area is 177 Å². The Balaban J connectivity index is 1.80. The second-order valence-electron chi connectivity index (χ2n) is 7.50. The second kappa shape index (κ2) is 9.28. The zero-order valence-corrected chi connectivity index (χ0v) is 18.0. The number of nitrogens with one attached hydrogen (secondary N) is 1. The van der Waals surface area contributed by atoms with Gasteiger partial charge >= 0.3 is 5.97 Å². The summed E-state index contributed by atoms with van der Waals surface area (Å²) in [4.78, 5) is 11.3. The van der Waals surface area contributed by atoms with Crippen molar-refractivity contribution in [1.29, 1.82) is 0 Å². The first kappa shape index (κ1) is 21.8. The van der Waals surface area contributed by atoms with Gasteiger partial charge in [0.25, 0.3) is 0 Å². The van der Waals surface area contributed by atoms with Crippen molar-refractivity contribution in [3.05, 3.63) is 63.7 Å². The van der Waals surface area contributed by atoms with Gasteiger partial charge in [-0.3, -0.25) is 4.79 Å². The van der Waals surface area contributed by atoms with Crippen LogP contribution in [-0.2, 0) is 40.5 Å². The van der Waals surface area contributed by atoms with Crippen molar-refractivity contribution in [2.45, 2.75) is 62.8 Å². The molecule has 0 radical (unpaired) electrons. The minimum Gasteiger partial charge on any atom is -0.481 e. The van der Waals surface area contributed by atoms with Crippen LogP contribution in [0.25, 0.3) is 0 Å². The summed E-state index contributed by atoms with van der Waals surface area (Å²) in [7, 11) is -3.61. The first-order chi connectivity index (χ1) is 13.8. The molecule has 0 heterocycles. The lowest BCUT2D eigenvalue weighted by atomic mass is 9.82. The third kappa shape index (κ3) is 5.38. The fourth-order valence-electron chi connectivity index (χ4n) is 4.03. The van der Waals surface area contributed by atoms with Crippen LogP contribution >= 0.6 is 11.6 Å². The largest absolute Gasteiger partial charge is 0.481 e. The Hall–Kier alpha value is -1.89. The van der Waals surface area contributed by atoms with Crippen LogP contribution < -0.4 is 4.72 Å². The Morgan fingerprint density at radius 3 is 2.55 bits per heavy atom. The third-order valence-corrected chi connectivity index (χ3v) is 7.18. The summed E-state index contributed by atoms with van der Waals surface area (Å²) >= 11 is 5.85. The molecule has 1 unspecified atom stereocenters. The summed E-state index contributed by atoms with van der Waals surface area (Å²) in [5.41, 5.74) is 4.68. The van der Waals surface area contributed by atoms with Gasteiger partial charge in [0.05, 0.1) is 4.90 Å². The lowest BCUT2D eigenvalue weighted by Gasteiger charge is -2.28. The molecule has 0 spiro atoms. The van der Waals surface area contributed by atoms with E-state index in [1.165, 1.54) is 23.3 Å². The number of aliphatic carboxylic acids is 1. The van der Waals surface area contributed by atoms with Crippen LogP contribution in [0.1, 0.15) is 48.4 Å². The Kier molecular flexibility index (Phi) is 6.98. The molecular formula is C22H26ClNO4S. The Bertz CT molecular complexity index is 987. The highest BCUT2D eigenvalue weighted by Gasteiger charge is 2.26.